The van der Waals surface area contributed by atoms with Crippen LogP contribution < -0.4 is 10.6 Å². The lowest BCUT2D eigenvalue weighted by atomic mass is 10.0. The number of rotatable bonds is 2. The standard InChI is InChI=1S/C14H27N3O2/c1-14(2,3)19-13(18)16-11-5-8-17(9-6-11)12-4-7-15-10-12/h11-12,15H,4-10H2,1-3H3,(H,16,18). The third-order valence-electron chi connectivity index (χ3n) is 3.80. The average Bonchev–Trinajstić information content (AvgIpc) is 2.80. The number of alkyl carbamates (subject to hydrolysis) is 1. The van der Waals surface area contributed by atoms with Gasteiger partial charge in [-0.05, 0) is 46.6 Å². The lowest BCUT2D eigenvalue weighted by Gasteiger charge is -2.36. The molecule has 2 aliphatic rings. The van der Waals surface area contributed by atoms with Crippen LogP contribution in [-0.4, -0.2) is 54.9 Å². The minimum Gasteiger partial charge on any atom is -0.444 e. The van der Waals surface area contributed by atoms with Crippen molar-refractivity contribution in [3.05, 3.63) is 0 Å². The molecule has 1 unspecified atom stereocenters. The second-order valence-corrected chi connectivity index (χ2v) is 6.60. The van der Waals surface area contributed by atoms with E-state index < -0.39 is 5.60 Å². The summed E-state index contributed by atoms with van der Waals surface area (Å²) in [6.07, 6.45) is 3.02. The molecule has 0 spiro atoms. The zero-order chi connectivity index (χ0) is 13.9. The molecule has 0 aromatic carbocycles. The van der Waals surface area contributed by atoms with Crippen LogP contribution in [0.25, 0.3) is 0 Å². The van der Waals surface area contributed by atoms with Gasteiger partial charge in [-0.15, -0.1) is 0 Å². The predicted octanol–water partition coefficient (Wildman–Crippen LogP) is 1.34. The van der Waals surface area contributed by atoms with Crippen LogP contribution in [0.1, 0.15) is 40.0 Å². The fourth-order valence-electron chi connectivity index (χ4n) is 2.83. The number of likely N-dealkylation sites (tertiary alicyclic amines) is 1. The third-order valence-corrected chi connectivity index (χ3v) is 3.80. The van der Waals surface area contributed by atoms with E-state index in [1.54, 1.807) is 0 Å². The summed E-state index contributed by atoms with van der Waals surface area (Å²) in [5.74, 6) is 0. The van der Waals surface area contributed by atoms with Crippen molar-refractivity contribution in [2.24, 2.45) is 0 Å². The SMILES string of the molecule is CC(C)(C)OC(=O)NC1CCN(C2CCNC2)CC1. The van der Waals surface area contributed by atoms with Crippen molar-refractivity contribution in [1.82, 2.24) is 15.5 Å². The minimum absolute atomic E-state index is 0.264. The normalized spacial score (nSPS) is 26.4. The van der Waals surface area contributed by atoms with Gasteiger partial charge in [-0.25, -0.2) is 4.79 Å². The number of amides is 1. The van der Waals surface area contributed by atoms with Crippen LogP contribution in [0.2, 0.25) is 0 Å². The number of nitrogens with zero attached hydrogens (tertiary/aromatic N) is 1. The fourth-order valence-corrected chi connectivity index (χ4v) is 2.83. The van der Waals surface area contributed by atoms with Crippen molar-refractivity contribution in [3.63, 3.8) is 0 Å². The number of nitrogens with one attached hydrogen (secondary N) is 2. The number of carbonyl (C=O) groups is 1. The van der Waals surface area contributed by atoms with Gasteiger partial charge in [-0.2, -0.15) is 0 Å². The summed E-state index contributed by atoms with van der Waals surface area (Å²) in [6.45, 7) is 10.1. The maximum Gasteiger partial charge on any atom is 0.407 e. The van der Waals surface area contributed by atoms with Crippen LogP contribution in [0.5, 0.6) is 0 Å². The third kappa shape index (κ3) is 4.66. The van der Waals surface area contributed by atoms with E-state index in [-0.39, 0.29) is 12.1 Å². The van der Waals surface area contributed by atoms with Crippen molar-refractivity contribution in [2.45, 2.75) is 57.7 Å². The number of carbonyl (C=O) groups excluding carboxylic acids is 1. The van der Waals surface area contributed by atoms with E-state index in [0.717, 1.165) is 39.0 Å². The van der Waals surface area contributed by atoms with Gasteiger partial charge in [0.15, 0.2) is 0 Å². The smallest absolute Gasteiger partial charge is 0.407 e. The maximum atomic E-state index is 11.7. The van der Waals surface area contributed by atoms with E-state index in [2.05, 4.69) is 15.5 Å². The Kier molecular flexibility index (Phi) is 4.68. The number of hydrogen-bond donors (Lipinski definition) is 2. The molecular formula is C14H27N3O2. The molecule has 5 nitrogen and oxygen atoms in total. The maximum absolute atomic E-state index is 11.7. The van der Waals surface area contributed by atoms with E-state index >= 15 is 0 Å². The fraction of sp³-hybridized carbons (Fsp3) is 0.929. The monoisotopic (exact) mass is 269 g/mol. The van der Waals surface area contributed by atoms with Gasteiger partial charge in [0.2, 0.25) is 0 Å². The summed E-state index contributed by atoms with van der Waals surface area (Å²) >= 11 is 0. The van der Waals surface area contributed by atoms with E-state index in [1.807, 2.05) is 20.8 Å². The van der Waals surface area contributed by atoms with E-state index in [4.69, 9.17) is 4.74 Å². The molecule has 0 saturated carbocycles. The van der Waals surface area contributed by atoms with Crippen molar-refractivity contribution >= 4 is 6.09 Å². The molecule has 0 aromatic heterocycles. The van der Waals surface area contributed by atoms with Gasteiger partial charge in [0.25, 0.3) is 0 Å². The second-order valence-electron chi connectivity index (χ2n) is 6.60. The summed E-state index contributed by atoms with van der Waals surface area (Å²) in [5, 5.41) is 6.39. The molecule has 2 aliphatic heterocycles. The number of hydrogen-bond acceptors (Lipinski definition) is 4. The first-order valence-electron chi connectivity index (χ1n) is 7.38. The van der Waals surface area contributed by atoms with E-state index in [9.17, 15) is 4.79 Å². The summed E-state index contributed by atoms with van der Waals surface area (Å²) in [5.41, 5.74) is -0.416. The molecule has 0 aliphatic carbocycles. The summed E-state index contributed by atoms with van der Waals surface area (Å²) in [4.78, 5) is 14.3. The Hall–Kier alpha value is -0.810. The lowest BCUT2D eigenvalue weighted by Crippen LogP contribution is -2.49. The zero-order valence-corrected chi connectivity index (χ0v) is 12.4. The highest BCUT2D eigenvalue weighted by molar-refractivity contribution is 5.68. The Morgan fingerprint density at radius 3 is 2.47 bits per heavy atom. The Balaban J connectivity index is 1.69. The molecule has 5 heteroatoms. The number of ether oxygens (including phenoxy) is 1. The molecule has 110 valence electrons. The highest BCUT2D eigenvalue weighted by Gasteiger charge is 2.28. The van der Waals surface area contributed by atoms with E-state index in [1.165, 1.54) is 6.42 Å². The van der Waals surface area contributed by atoms with Gasteiger partial charge < -0.3 is 15.4 Å². The first-order valence-corrected chi connectivity index (χ1v) is 7.38. The molecule has 1 atom stereocenters. The minimum atomic E-state index is -0.416. The topological polar surface area (TPSA) is 53.6 Å². The van der Waals surface area contributed by atoms with E-state index in [0.29, 0.717) is 6.04 Å². The van der Waals surface area contributed by atoms with Gasteiger partial charge in [0.05, 0.1) is 0 Å². The average molecular weight is 269 g/mol. The zero-order valence-electron chi connectivity index (χ0n) is 12.4. The van der Waals surface area contributed by atoms with Crippen molar-refractivity contribution in [3.8, 4) is 0 Å². The Morgan fingerprint density at radius 2 is 1.95 bits per heavy atom. The molecule has 0 bridgehead atoms. The molecule has 1 amide bonds. The van der Waals surface area contributed by atoms with Crippen LogP contribution in [0.4, 0.5) is 4.79 Å². The molecule has 2 saturated heterocycles. The van der Waals surface area contributed by atoms with Gasteiger partial charge in [-0.3, -0.25) is 4.90 Å². The number of piperidine rings is 1. The first-order chi connectivity index (χ1) is 8.94. The Labute approximate surface area is 116 Å². The van der Waals surface area contributed by atoms with Crippen molar-refractivity contribution in [1.29, 1.82) is 0 Å². The van der Waals surface area contributed by atoms with Crippen molar-refractivity contribution < 1.29 is 9.53 Å². The van der Waals surface area contributed by atoms with Crippen molar-refractivity contribution in [2.75, 3.05) is 26.2 Å². The molecule has 2 N–H and O–H groups in total. The molecular weight excluding hydrogens is 242 g/mol. The van der Waals surface area contributed by atoms with Crippen LogP contribution >= 0.6 is 0 Å². The largest absolute Gasteiger partial charge is 0.444 e. The summed E-state index contributed by atoms with van der Waals surface area (Å²) < 4.78 is 5.29. The van der Waals surface area contributed by atoms with Gasteiger partial charge in [0, 0.05) is 31.7 Å². The van der Waals surface area contributed by atoms with Gasteiger partial charge >= 0.3 is 6.09 Å². The van der Waals surface area contributed by atoms with Crippen LogP contribution in [0, 0.1) is 0 Å². The van der Waals surface area contributed by atoms with Crippen LogP contribution in [0.15, 0.2) is 0 Å². The quantitative estimate of drug-likeness (QED) is 0.794. The molecule has 2 heterocycles. The van der Waals surface area contributed by atoms with Crippen LogP contribution in [0.3, 0.4) is 0 Å². The molecule has 2 rings (SSSR count). The highest BCUT2D eigenvalue weighted by atomic mass is 16.6. The summed E-state index contributed by atoms with van der Waals surface area (Å²) in [7, 11) is 0. The molecule has 19 heavy (non-hydrogen) atoms. The lowest BCUT2D eigenvalue weighted by molar-refractivity contribution is 0.0470. The Bertz CT molecular complexity index is 300. The second kappa shape index (κ2) is 6.09. The molecule has 0 radical (unpaired) electrons. The Morgan fingerprint density at radius 1 is 1.26 bits per heavy atom. The predicted molar refractivity (Wildman–Crippen MR) is 75.2 cm³/mol. The highest BCUT2D eigenvalue weighted by Crippen LogP contribution is 2.17. The van der Waals surface area contributed by atoms with Gasteiger partial charge in [-0.1, -0.05) is 0 Å². The molecule has 0 aromatic rings. The van der Waals surface area contributed by atoms with Crippen LogP contribution in [-0.2, 0) is 4.74 Å². The van der Waals surface area contributed by atoms with Gasteiger partial charge in [0.1, 0.15) is 5.60 Å². The molecule has 2 fully saturated rings. The summed E-state index contributed by atoms with van der Waals surface area (Å²) in [6, 6.07) is 0.961. The first kappa shape index (κ1) is 14.6.